The van der Waals surface area contributed by atoms with Gasteiger partial charge >= 0.3 is 0 Å². The molecule has 0 aliphatic rings. The molecule has 0 aliphatic heterocycles. The summed E-state index contributed by atoms with van der Waals surface area (Å²) in [5.74, 6) is 0. The van der Waals surface area contributed by atoms with E-state index in [-0.39, 0.29) is 10.6 Å². The van der Waals surface area contributed by atoms with Crippen molar-refractivity contribution in [3.63, 3.8) is 0 Å². The summed E-state index contributed by atoms with van der Waals surface area (Å²) in [5, 5.41) is 12.6. The molecule has 94 valence electrons. The molecule has 0 fully saturated rings. The van der Waals surface area contributed by atoms with Gasteiger partial charge in [0, 0.05) is 28.2 Å². The van der Waals surface area contributed by atoms with Crippen LogP contribution in [0, 0.1) is 10.1 Å². The molecule has 1 heterocycles. The number of H-pyrrole nitrogens is 1. The number of para-hydroxylation sites is 1. The van der Waals surface area contributed by atoms with Crippen molar-refractivity contribution in [2.75, 3.05) is 0 Å². The Bertz CT molecular complexity index is 780. The van der Waals surface area contributed by atoms with E-state index in [0.717, 1.165) is 16.5 Å². The van der Waals surface area contributed by atoms with Gasteiger partial charge in [-0.3, -0.25) is 10.1 Å². The number of benzene rings is 2. The molecule has 0 bridgehead atoms. The average molecular weight is 273 g/mol. The van der Waals surface area contributed by atoms with Gasteiger partial charge in [0.2, 0.25) is 0 Å². The number of halogens is 1. The van der Waals surface area contributed by atoms with Gasteiger partial charge in [0.1, 0.15) is 0 Å². The van der Waals surface area contributed by atoms with Crippen LogP contribution in [0.1, 0.15) is 0 Å². The average Bonchev–Trinajstić information content (AvgIpc) is 2.85. The minimum atomic E-state index is -0.384. The van der Waals surface area contributed by atoms with Crippen LogP contribution in [-0.4, -0.2) is 9.91 Å². The standard InChI is InChI=1S/C14H9ClN2O2/c15-10-7-9-5-6-16-14(9)12(8-10)11-3-1-2-4-13(11)17(18)19/h1-8,16H. The van der Waals surface area contributed by atoms with E-state index in [1.807, 2.05) is 12.1 Å². The Labute approximate surface area is 113 Å². The Kier molecular flexibility index (Phi) is 2.72. The number of hydrogen-bond acceptors (Lipinski definition) is 2. The van der Waals surface area contributed by atoms with Crippen molar-refractivity contribution in [3.8, 4) is 11.1 Å². The van der Waals surface area contributed by atoms with Crippen LogP contribution in [0.3, 0.4) is 0 Å². The van der Waals surface area contributed by atoms with Gasteiger partial charge in [-0.15, -0.1) is 0 Å². The summed E-state index contributed by atoms with van der Waals surface area (Å²) >= 11 is 6.08. The quantitative estimate of drug-likeness (QED) is 0.555. The fourth-order valence-corrected chi connectivity index (χ4v) is 2.43. The highest BCUT2D eigenvalue weighted by atomic mass is 35.5. The smallest absolute Gasteiger partial charge is 0.277 e. The Morgan fingerprint density at radius 1 is 1.11 bits per heavy atom. The van der Waals surface area contributed by atoms with Crippen LogP contribution in [0.5, 0.6) is 0 Å². The van der Waals surface area contributed by atoms with Gasteiger partial charge in [-0.05, 0) is 24.3 Å². The number of fused-ring (bicyclic) bond motifs is 1. The number of hydrogen-bond donors (Lipinski definition) is 1. The van der Waals surface area contributed by atoms with Crippen molar-refractivity contribution < 1.29 is 4.92 Å². The molecule has 0 saturated heterocycles. The molecule has 2 aromatic carbocycles. The molecule has 0 saturated carbocycles. The van der Waals surface area contributed by atoms with Gasteiger partial charge in [-0.2, -0.15) is 0 Å². The zero-order valence-electron chi connectivity index (χ0n) is 9.76. The topological polar surface area (TPSA) is 58.9 Å². The third kappa shape index (κ3) is 1.96. The maximum absolute atomic E-state index is 11.1. The van der Waals surface area contributed by atoms with E-state index in [4.69, 9.17) is 11.6 Å². The van der Waals surface area contributed by atoms with Crippen molar-refractivity contribution in [1.29, 1.82) is 0 Å². The van der Waals surface area contributed by atoms with E-state index in [2.05, 4.69) is 4.98 Å². The molecule has 0 radical (unpaired) electrons. The monoisotopic (exact) mass is 272 g/mol. The van der Waals surface area contributed by atoms with Crippen molar-refractivity contribution >= 4 is 28.2 Å². The second-order valence-electron chi connectivity index (χ2n) is 4.17. The lowest BCUT2D eigenvalue weighted by Crippen LogP contribution is -1.92. The van der Waals surface area contributed by atoms with Crippen molar-refractivity contribution in [2.45, 2.75) is 0 Å². The Hall–Kier alpha value is -2.33. The first-order valence-corrected chi connectivity index (χ1v) is 6.05. The van der Waals surface area contributed by atoms with Crippen molar-refractivity contribution in [2.24, 2.45) is 0 Å². The molecule has 0 unspecified atom stereocenters. The van der Waals surface area contributed by atoms with Gasteiger partial charge < -0.3 is 4.98 Å². The van der Waals surface area contributed by atoms with Crippen molar-refractivity contribution in [3.05, 3.63) is 63.8 Å². The Morgan fingerprint density at radius 3 is 2.68 bits per heavy atom. The maximum atomic E-state index is 11.1. The number of nitro groups is 1. The summed E-state index contributed by atoms with van der Waals surface area (Å²) in [6.07, 6.45) is 1.79. The Balaban J connectivity index is 2.36. The highest BCUT2D eigenvalue weighted by Crippen LogP contribution is 2.36. The van der Waals surface area contributed by atoms with E-state index in [1.54, 1.807) is 30.5 Å². The van der Waals surface area contributed by atoms with Gasteiger partial charge in [-0.25, -0.2) is 0 Å². The highest BCUT2D eigenvalue weighted by Gasteiger charge is 2.17. The van der Waals surface area contributed by atoms with Crippen LogP contribution in [0.2, 0.25) is 5.02 Å². The number of rotatable bonds is 2. The molecule has 1 aromatic heterocycles. The first-order chi connectivity index (χ1) is 9.16. The number of nitrogens with one attached hydrogen (secondary N) is 1. The van der Waals surface area contributed by atoms with E-state index in [0.29, 0.717) is 10.6 Å². The Morgan fingerprint density at radius 2 is 1.89 bits per heavy atom. The van der Waals surface area contributed by atoms with E-state index in [9.17, 15) is 10.1 Å². The third-order valence-corrected chi connectivity index (χ3v) is 3.23. The van der Waals surface area contributed by atoms with Crippen LogP contribution in [0.15, 0.2) is 48.7 Å². The molecule has 0 spiro atoms. The summed E-state index contributed by atoms with van der Waals surface area (Å²) in [6.45, 7) is 0. The summed E-state index contributed by atoms with van der Waals surface area (Å²) in [4.78, 5) is 13.8. The lowest BCUT2D eigenvalue weighted by atomic mass is 10.0. The number of nitrogens with zero attached hydrogens (tertiary/aromatic N) is 1. The van der Waals surface area contributed by atoms with Gasteiger partial charge in [-0.1, -0.05) is 23.7 Å². The van der Waals surface area contributed by atoms with Crippen LogP contribution < -0.4 is 0 Å². The van der Waals surface area contributed by atoms with Crippen LogP contribution >= 0.6 is 11.6 Å². The fourth-order valence-electron chi connectivity index (χ4n) is 2.21. The fraction of sp³-hybridized carbons (Fsp3) is 0. The molecular weight excluding hydrogens is 264 g/mol. The molecule has 3 rings (SSSR count). The minimum absolute atomic E-state index is 0.0701. The van der Waals surface area contributed by atoms with Crippen molar-refractivity contribution in [1.82, 2.24) is 4.98 Å². The molecule has 3 aromatic rings. The second-order valence-corrected chi connectivity index (χ2v) is 4.61. The summed E-state index contributed by atoms with van der Waals surface area (Å²) in [7, 11) is 0. The third-order valence-electron chi connectivity index (χ3n) is 3.02. The van der Waals surface area contributed by atoms with E-state index in [1.165, 1.54) is 6.07 Å². The molecule has 5 heteroatoms. The zero-order valence-corrected chi connectivity index (χ0v) is 10.5. The van der Waals surface area contributed by atoms with E-state index < -0.39 is 0 Å². The minimum Gasteiger partial charge on any atom is -0.361 e. The van der Waals surface area contributed by atoms with Crippen LogP contribution in [0.4, 0.5) is 5.69 Å². The molecule has 19 heavy (non-hydrogen) atoms. The largest absolute Gasteiger partial charge is 0.361 e. The predicted octanol–water partition coefficient (Wildman–Crippen LogP) is 4.40. The molecular formula is C14H9ClN2O2. The molecule has 4 nitrogen and oxygen atoms in total. The lowest BCUT2D eigenvalue weighted by Gasteiger charge is -2.06. The van der Waals surface area contributed by atoms with E-state index >= 15 is 0 Å². The van der Waals surface area contributed by atoms with Crippen LogP contribution in [-0.2, 0) is 0 Å². The second kappa shape index (κ2) is 4.40. The molecule has 1 N–H and O–H groups in total. The van der Waals surface area contributed by atoms with Crippen LogP contribution in [0.25, 0.3) is 22.0 Å². The van der Waals surface area contributed by atoms with Gasteiger partial charge in [0.05, 0.1) is 16.0 Å². The number of aromatic nitrogens is 1. The normalized spacial score (nSPS) is 10.8. The number of aromatic amines is 1. The zero-order chi connectivity index (χ0) is 13.4. The van der Waals surface area contributed by atoms with Gasteiger partial charge in [0.15, 0.2) is 0 Å². The first-order valence-electron chi connectivity index (χ1n) is 5.67. The summed E-state index contributed by atoms with van der Waals surface area (Å²) in [5.41, 5.74) is 2.21. The first kappa shape index (κ1) is 11.7. The lowest BCUT2D eigenvalue weighted by molar-refractivity contribution is -0.384. The molecule has 0 amide bonds. The summed E-state index contributed by atoms with van der Waals surface area (Å²) < 4.78 is 0. The molecule has 0 aliphatic carbocycles. The van der Waals surface area contributed by atoms with Gasteiger partial charge in [0.25, 0.3) is 5.69 Å². The highest BCUT2D eigenvalue weighted by molar-refractivity contribution is 6.32. The SMILES string of the molecule is O=[N+]([O-])c1ccccc1-c1cc(Cl)cc2cc[nH]c12. The number of nitro benzene ring substituents is 1. The molecule has 0 atom stereocenters. The predicted molar refractivity (Wildman–Crippen MR) is 75.4 cm³/mol. The summed E-state index contributed by atoms with van der Waals surface area (Å²) in [6, 6.07) is 12.1. The maximum Gasteiger partial charge on any atom is 0.277 e.